The van der Waals surface area contributed by atoms with E-state index in [2.05, 4.69) is 47.6 Å². The topological polar surface area (TPSA) is 24.9 Å². The van der Waals surface area contributed by atoms with E-state index in [1.807, 2.05) is 6.20 Å². The van der Waals surface area contributed by atoms with Crippen molar-refractivity contribution in [3.8, 4) is 0 Å². The van der Waals surface area contributed by atoms with E-state index < -0.39 is 0 Å². The second kappa shape index (κ2) is 4.89. The van der Waals surface area contributed by atoms with Crippen LogP contribution in [0.2, 0.25) is 0 Å². The Morgan fingerprint density at radius 1 is 1.20 bits per heavy atom. The number of pyridine rings is 1. The van der Waals surface area contributed by atoms with Gasteiger partial charge in [-0.15, -0.1) is 0 Å². The highest BCUT2D eigenvalue weighted by molar-refractivity contribution is 5.84. The molecule has 78 valence electrons. The first-order valence-electron chi connectivity index (χ1n) is 5.45. The van der Waals surface area contributed by atoms with Crippen molar-refractivity contribution in [2.75, 3.05) is 6.54 Å². The zero-order valence-corrected chi connectivity index (χ0v) is 9.03. The Morgan fingerprint density at radius 2 is 2.07 bits per heavy atom. The van der Waals surface area contributed by atoms with Crippen LogP contribution in [0.3, 0.4) is 0 Å². The van der Waals surface area contributed by atoms with Crippen molar-refractivity contribution in [1.29, 1.82) is 0 Å². The number of rotatable bonds is 4. The number of nitrogens with one attached hydrogen (secondary N) is 1. The molecule has 2 rings (SSSR count). The Morgan fingerprint density at radius 3 is 2.93 bits per heavy atom. The summed E-state index contributed by atoms with van der Waals surface area (Å²) in [6, 6.07) is 10.4. The summed E-state index contributed by atoms with van der Waals surface area (Å²) in [6.45, 7) is 4.07. The Hall–Kier alpha value is -1.41. The maximum atomic E-state index is 4.42. The van der Waals surface area contributed by atoms with E-state index in [9.17, 15) is 0 Å². The molecule has 1 heterocycles. The zero-order chi connectivity index (χ0) is 10.5. The van der Waals surface area contributed by atoms with Gasteiger partial charge in [-0.25, -0.2) is 0 Å². The fourth-order valence-electron chi connectivity index (χ4n) is 1.71. The fraction of sp³-hybridized carbons (Fsp3) is 0.308. The normalized spacial score (nSPS) is 10.7. The zero-order valence-electron chi connectivity index (χ0n) is 9.03. The molecular weight excluding hydrogens is 184 g/mol. The van der Waals surface area contributed by atoms with Gasteiger partial charge in [0.1, 0.15) is 0 Å². The molecule has 2 heteroatoms. The molecular formula is C13H16N2. The predicted octanol–water partition coefficient (Wildman–Crippen LogP) is 2.73. The summed E-state index contributed by atoms with van der Waals surface area (Å²) in [5.74, 6) is 0. The van der Waals surface area contributed by atoms with Crippen molar-refractivity contribution >= 4 is 10.8 Å². The molecule has 0 aliphatic carbocycles. The molecule has 0 atom stereocenters. The van der Waals surface area contributed by atoms with Crippen LogP contribution in [-0.4, -0.2) is 11.5 Å². The van der Waals surface area contributed by atoms with E-state index in [4.69, 9.17) is 0 Å². The quantitative estimate of drug-likeness (QED) is 0.768. The molecule has 0 aliphatic rings. The van der Waals surface area contributed by atoms with Crippen molar-refractivity contribution in [1.82, 2.24) is 10.3 Å². The molecule has 1 N–H and O–H groups in total. The maximum Gasteiger partial charge on any atom is 0.0619 e. The Labute approximate surface area is 90.3 Å². The minimum absolute atomic E-state index is 0.856. The molecule has 15 heavy (non-hydrogen) atoms. The minimum atomic E-state index is 0.856. The molecule has 0 amide bonds. The molecule has 0 aliphatic heterocycles. The van der Waals surface area contributed by atoms with E-state index >= 15 is 0 Å². The van der Waals surface area contributed by atoms with Crippen LogP contribution in [0.25, 0.3) is 10.8 Å². The lowest BCUT2D eigenvalue weighted by Gasteiger charge is -2.06. The third-order valence-corrected chi connectivity index (χ3v) is 2.48. The van der Waals surface area contributed by atoms with E-state index in [0.717, 1.165) is 25.2 Å². The van der Waals surface area contributed by atoms with Crippen LogP contribution in [0, 0.1) is 0 Å². The van der Waals surface area contributed by atoms with Gasteiger partial charge in [0, 0.05) is 18.1 Å². The van der Waals surface area contributed by atoms with Crippen molar-refractivity contribution in [3.63, 3.8) is 0 Å². The lowest BCUT2D eigenvalue weighted by molar-refractivity contribution is 0.668. The average Bonchev–Trinajstić information content (AvgIpc) is 2.30. The van der Waals surface area contributed by atoms with Crippen molar-refractivity contribution in [3.05, 3.63) is 42.2 Å². The first-order chi connectivity index (χ1) is 7.42. The van der Waals surface area contributed by atoms with Gasteiger partial charge in [-0.05, 0) is 24.4 Å². The molecule has 0 saturated carbocycles. The van der Waals surface area contributed by atoms with Crippen LogP contribution in [0.15, 0.2) is 36.5 Å². The number of hydrogen-bond donors (Lipinski definition) is 1. The number of fused-ring (bicyclic) bond motifs is 1. The van der Waals surface area contributed by atoms with E-state index in [0.29, 0.717) is 0 Å². The summed E-state index contributed by atoms with van der Waals surface area (Å²) in [5.41, 5.74) is 1.14. The molecule has 0 spiro atoms. The van der Waals surface area contributed by atoms with Gasteiger partial charge in [0.15, 0.2) is 0 Å². The Kier molecular flexibility index (Phi) is 3.30. The lowest BCUT2D eigenvalue weighted by atomic mass is 10.1. The Bertz CT molecular complexity index is 432. The van der Waals surface area contributed by atoms with Gasteiger partial charge in [0.2, 0.25) is 0 Å². The van der Waals surface area contributed by atoms with Crippen LogP contribution < -0.4 is 5.32 Å². The summed E-state index contributed by atoms with van der Waals surface area (Å²) in [4.78, 5) is 4.42. The number of aromatic nitrogens is 1. The first kappa shape index (κ1) is 10.1. The van der Waals surface area contributed by atoms with Crippen molar-refractivity contribution in [2.24, 2.45) is 0 Å². The van der Waals surface area contributed by atoms with E-state index in [1.165, 1.54) is 10.8 Å². The van der Waals surface area contributed by atoms with Gasteiger partial charge in [-0.3, -0.25) is 4.98 Å². The van der Waals surface area contributed by atoms with Crippen molar-refractivity contribution < 1.29 is 0 Å². The fourth-order valence-corrected chi connectivity index (χ4v) is 1.71. The van der Waals surface area contributed by atoms with Gasteiger partial charge in [-0.2, -0.15) is 0 Å². The number of hydrogen-bond acceptors (Lipinski definition) is 2. The highest BCUT2D eigenvalue weighted by Crippen LogP contribution is 2.15. The Balaban J connectivity index is 2.26. The third-order valence-electron chi connectivity index (χ3n) is 2.48. The number of nitrogens with zero attached hydrogens (tertiary/aromatic N) is 1. The molecule has 0 fully saturated rings. The highest BCUT2D eigenvalue weighted by atomic mass is 14.9. The highest BCUT2D eigenvalue weighted by Gasteiger charge is 2.00. The molecule has 0 saturated heterocycles. The van der Waals surface area contributed by atoms with E-state index in [-0.39, 0.29) is 0 Å². The van der Waals surface area contributed by atoms with Crippen LogP contribution >= 0.6 is 0 Å². The van der Waals surface area contributed by atoms with Gasteiger partial charge < -0.3 is 5.32 Å². The van der Waals surface area contributed by atoms with Crippen LogP contribution in [0.1, 0.15) is 19.0 Å². The molecule has 0 bridgehead atoms. The summed E-state index contributed by atoms with van der Waals surface area (Å²) < 4.78 is 0. The lowest BCUT2D eigenvalue weighted by Crippen LogP contribution is -2.14. The summed E-state index contributed by atoms with van der Waals surface area (Å²) >= 11 is 0. The predicted molar refractivity (Wildman–Crippen MR) is 63.7 cm³/mol. The first-order valence-corrected chi connectivity index (χ1v) is 5.45. The van der Waals surface area contributed by atoms with Crippen LogP contribution in [-0.2, 0) is 6.54 Å². The van der Waals surface area contributed by atoms with Gasteiger partial charge >= 0.3 is 0 Å². The van der Waals surface area contributed by atoms with E-state index in [1.54, 1.807) is 0 Å². The van der Waals surface area contributed by atoms with Gasteiger partial charge in [0.05, 0.1) is 5.69 Å². The molecule has 2 nitrogen and oxygen atoms in total. The summed E-state index contributed by atoms with van der Waals surface area (Å²) in [5, 5.41) is 5.90. The maximum absolute atomic E-state index is 4.42. The standard InChI is InChI=1S/C13H16N2/c1-2-8-14-10-13-12-6-4-3-5-11(12)7-9-15-13/h3-7,9,14H,2,8,10H2,1H3. The average molecular weight is 200 g/mol. The minimum Gasteiger partial charge on any atom is -0.311 e. The molecule has 1 aromatic carbocycles. The van der Waals surface area contributed by atoms with Crippen LogP contribution in [0.5, 0.6) is 0 Å². The molecule has 0 radical (unpaired) electrons. The summed E-state index contributed by atoms with van der Waals surface area (Å²) in [7, 11) is 0. The smallest absolute Gasteiger partial charge is 0.0619 e. The second-order valence-electron chi connectivity index (χ2n) is 3.66. The largest absolute Gasteiger partial charge is 0.311 e. The van der Waals surface area contributed by atoms with Gasteiger partial charge in [0.25, 0.3) is 0 Å². The van der Waals surface area contributed by atoms with Crippen molar-refractivity contribution in [2.45, 2.75) is 19.9 Å². The van der Waals surface area contributed by atoms with Gasteiger partial charge in [-0.1, -0.05) is 31.2 Å². The molecule has 1 aromatic heterocycles. The molecule has 2 aromatic rings. The van der Waals surface area contributed by atoms with Crippen LogP contribution in [0.4, 0.5) is 0 Å². The SMILES string of the molecule is CCCNCc1nccc2ccccc12. The molecule has 0 unspecified atom stereocenters. The monoisotopic (exact) mass is 200 g/mol. The third kappa shape index (κ3) is 2.34. The summed E-state index contributed by atoms with van der Waals surface area (Å²) in [6.07, 6.45) is 3.04. The number of benzene rings is 1. The second-order valence-corrected chi connectivity index (χ2v) is 3.66.